The van der Waals surface area contributed by atoms with E-state index in [4.69, 9.17) is 4.74 Å². The average Bonchev–Trinajstić information content (AvgIpc) is 2.69. The molecule has 0 saturated carbocycles. The number of aryl methyl sites for hydroxylation is 2. The van der Waals surface area contributed by atoms with Crippen molar-refractivity contribution < 1.29 is 19.1 Å². The van der Waals surface area contributed by atoms with Gasteiger partial charge in [-0.1, -0.05) is 30.3 Å². The maximum atomic E-state index is 12.1. The summed E-state index contributed by atoms with van der Waals surface area (Å²) < 4.78 is 5.08. The van der Waals surface area contributed by atoms with E-state index in [9.17, 15) is 14.4 Å². The Bertz CT molecular complexity index is 833. The summed E-state index contributed by atoms with van der Waals surface area (Å²) in [5.41, 5.74) is 3.22. The number of nitrogens with one attached hydrogen (secondary N) is 2. The van der Waals surface area contributed by atoms with Crippen LogP contribution >= 0.6 is 0 Å². The molecule has 2 N–H and O–H groups in total. The summed E-state index contributed by atoms with van der Waals surface area (Å²) >= 11 is 0. The van der Waals surface area contributed by atoms with Crippen LogP contribution in [0.4, 0.5) is 5.69 Å². The first-order chi connectivity index (χ1) is 13.1. The maximum absolute atomic E-state index is 12.1. The minimum absolute atomic E-state index is 0.0261. The van der Waals surface area contributed by atoms with E-state index >= 15 is 0 Å². The lowest BCUT2D eigenvalue weighted by molar-refractivity contribution is -0.124. The number of hydrogen-bond acceptors (Lipinski definition) is 4. The number of fused-ring (bicyclic) bond motifs is 1. The second-order valence-corrected chi connectivity index (χ2v) is 6.44. The molecule has 0 fully saturated rings. The van der Waals surface area contributed by atoms with Gasteiger partial charge in [-0.2, -0.15) is 0 Å². The lowest BCUT2D eigenvalue weighted by Crippen LogP contribution is -2.29. The van der Waals surface area contributed by atoms with E-state index in [0.29, 0.717) is 24.9 Å². The van der Waals surface area contributed by atoms with Gasteiger partial charge in [-0.05, 0) is 48.6 Å². The van der Waals surface area contributed by atoms with Gasteiger partial charge in [0.2, 0.25) is 5.91 Å². The highest BCUT2D eigenvalue weighted by molar-refractivity contribution is 5.96. The molecular weight excluding hydrogens is 344 g/mol. The minimum Gasteiger partial charge on any atom is -0.452 e. The topological polar surface area (TPSA) is 84.5 Å². The Kier molecular flexibility index (Phi) is 6.20. The molecule has 0 saturated heterocycles. The number of rotatable bonds is 7. The molecule has 6 heteroatoms. The average molecular weight is 366 g/mol. The lowest BCUT2D eigenvalue weighted by atomic mass is 10.0. The number of amides is 2. The minimum atomic E-state index is -0.547. The molecule has 27 heavy (non-hydrogen) atoms. The first kappa shape index (κ1) is 18.6. The predicted octanol–water partition coefficient (Wildman–Crippen LogP) is 2.48. The van der Waals surface area contributed by atoms with Gasteiger partial charge in [0.15, 0.2) is 6.61 Å². The molecule has 2 amide bonds. The maximum Gasteiger partial charge on any atom is 0.338 e. The normalized spacial score (nSPS) is 12.7. The number of carbonyl (C=O) groups is 3. The standard InChI is InChI=1S/C21H22N2O4/c24-19-11-9-16-13-17(8-10-18(16)23-19)21(26)27-14-20(25)22-12-4-7-15-5-2-1-3-6-15/h1-3,5-6,8,10,13H,4,7,9,11-12,14H2,(H,22,25)(H,23,24). The van der Waals surface area contributed by atoms with E-state index in [1.165, 1.54) is 5.56 Å². The molecule has 0 atom stereocenters. The van der Waals surface area contributed by atoms with Gasteiger partial charge in [0, 0.05) is 18.7 Å². The summed E-state index contributed by atoms with van der Waals surface area (Å²) in [7, 11) is 0. The summed E-state index contributed by atoms with van der Waals surface area (Å²) in [5, 5.41) is 5.51. The molecule has 6 nitrogen and oxygen atoms in total. The van der Waals surface area contributed by atoms with Gasteiger partial charge in [0.1, 0.15) is 0 Å². The Morgan fingerprint density at radius 1 is 1.07 bits per heavy atom. The molecule has 0 radical (unpaired) electrons. The molecule has 0 aromatic heterocycles. The van der Waals surface area contributed by atoms with Crippen molar-refractivity contribution in [2.24, 2.45) is 0 Å². The number of esters is 1. The zero-order valence-corrected chi connectivity index (χ0v) is 15.0. The summed E-state index contributed by atoms with van der Waals surface area (Å²) in [6.07, 6.45) is 2.69. The molecule has 1 aliphatic heterocycles. The molecule has 0 bridgehead atoms. The van der Waals surface area contributed by atoms with Crippen LogP contribution < -0.4 is 10.6 Å². The number of anilines is 1. The van der Waals surface area contributed by atoms with Crippen molar-refractivity contribution >= 4 is 23.5 Å². The van der Waals surface area contributed by atoms with Crippen molar-refractivity contribution in [3.63, 3.8) is 0 Å². The van der Waals surface area contributed by atoms with Gasteiger partial charge in [-0.25, -0.2) is 4.79 Å². The highest BCUT2D eigenvalue weighted by atomic mass is 16.5. The van der Waals surface area contributed by atoms with E-state index in [2.05, 4.69) is 10.6 Å². The van der Waals surface area contributed by atoms with Crippen molar-refractivity contribution in [1.29, 1.82) is 0 Å². The van der Waals surface area contributed by atoms with Crippen molar-refractivity contribution in [2.45, 2.75) is 25.7 Å². The first-order valence-electron chi connectivity index (χ1n) is 9.02. The quantitative estimate of drug-likeness (QED) is 0.582. The fourth-order valence-corrected chi connectivity index (χ4v) is 2.94. The Balaban J connectivity index is 1.39. The molecule has 3 rings (SSSR count). The smallest absolute Gasteiger partial charge is 0.338 e. The number of hydrogen-bond donors (Lipinski definition) is 2. The second-order valence-electron chi connectivity index (χ2n) is 6.44. The van der Waals surface area contributed by atoms with Crippen LogP contribution in [-0.2, 0) is 27.2 Å². The summed E-state index contributed by atoms with van der Waals surface area (Å²) in [4.78, 5) is 35.3. The molecule has 1 heterocycles. The largest absolute Gasteiger partial charge is 0.452 e. The molecule has 2 aromatic rings. The van der Waals surface area contributed by atoms with Gasteiger partial charge >= 0.3 is 5.97 Å². The van der Waals surface area contributed by atoms with Crippen molar-refractivity contribution in [1.82, 2.24) is 5.32 Å². The third-order valence-electron chi connectivity index (χ3n) is 4.38. The molecular formula is C21H22N2O4. The Hall–Kier alpha value is -3.15. The second kappa shape index (κ2) is 8.98. The first-order valence-corrected chi connectivity index (χ1v) is 9.02. The van der Waals surface area contributed by atoms with Gasteiger partial charge in [0.05, 0.1) is 5.56 Å². The van der Waals surface area contributed by atoms with Crippen molar-refractivity contribution in [3.05, 3.63) is 65.2 Å². The third-order valence-corrected chi connectivity index (χ3v) is 4.38. The van der Waals surface area contributed by atoms with Gasteiger partial charge in [-0.15, -0.1) is 0 Å². The predicted molar refractivity (Wildman–Crippen MR) is 101 cm³/mol. The SMILES string of the molecule is O=C(COC(=O)c1ccc2c(c1)CCC(=O)N2)NCCCc1ccccc1. The van der Waals surface area contributed by atoms with Crippen LogP contribution in [-0.4, -0.2) is 30.9 Å². The van der Waals surface area contributed by atoms with Crippen molar-refractivity contribution in [3.8, 4) is 0 Å². The van der Waals surface area contributed by atoms with E-state index in [-0.39, 0.29) is 18.4 Å². The van der Waals surface area contributed by atoms with Crippen molar-refractivity contribution in [2.75, 3.05) is 18.5 Å². The van der Waals surface area contributed by atoms with Crippen LogP contribution in [0, 0.1) is 0 Å². The Labute approximate surface area is 157 Å². The van der Waals surface area contributed by atoms with Crippen LogP contribution in [0.2, 0.25) is 0 Å². The Morgan fingerprint density at radius 2 is 1.89 bits per heavy atom. The third kappa shape index (κ3) is 5.41. The fourth-order valence-electron chi connectivity index (χ4n) is 2.94. The van der Waals surface area contributed by atoms with E-state index in [0.717, 1.165) is 24.1 Å². The fraction of sp³-hybridized carbons (Fsp3) is 0.286. The monoisotopic (exact) mass is 366 g/mol. The molecule has 0 aliphatic carbocycles. The summed E-state index contributed by atoms with van der Waals surface area (Å²) in [5.74, 6) is -0.891. The van der Waals surface area contributed by atoms with E-state index < -0.39 is 5.97 Å². The van der Waals surface area contributed by atoms with Gasteiger partial charge in [-0.3, -0.25) is 9.59 Å². The highest BCUT2D eigenvalue weighted by Gasteiger charge is 2.17. The van der Waals surface area contributed by atoms with Gasteiger partial charge in [0.25, 0.3) is 5.91 Å². The summed E-state index contributed by atoms with van der Waals surface area (Å²) in [6, 6.07) is 15.0. The summed E-state index contributed by atoms with van der Waals surface area (Å²) in [6.45, 7) is 0.224. The van der Waals surface area contributed by atoms with Crippen LogP contribution in [0.25, 0.3) is 0 Å². The van der Waals surface area contributed by atoms with E-state index in [1.54, 1.807) is 18.2 Å². The molecule has 2 aromatic carbocycles. The highest BCUT2D eigenvalue weighted by Crippen LogP contribution is 2.23. The number of benzene rings is 2. The van der Waals surface area contributed by atoms with E-state index in [1.807, 2.05) is 30.3 Å². The molecule has 1 aliphatic rings. The van der Waals surface area contributed by atoms with Gasteiger partial charge < -0.3 is 15.4 Å². The molecule has 0 spiro atoms. The number of carbonyl (C=O) groups excluding carboxylic acids is 3. The molecule has 0 unspecified atom stereocenters. The zero-order valence-electron chi connectivity index (χ0n) is 15.0. The Morgan fingerprint density at radius 3 is 2.70 bits per heavy atom. The van der Waals surface area contributed by atoms with Crippen LogP contribution in [0.5, 0.6) is 0 Å². The number of ether oxygens (including phenoxy) is 1. The van der Waals surface area contributed by atoms with Crippen LogP contribution in [0.15, 0.2) is 48.5 Å². The molecule has 140 valence electrons. The lowest BCUT2D eigenvalue weighted by Gasteiger charge is -2.17. The van der Waals surface area contributed by atoms with Crippen LogP contribution in [0.1, 0.15) is 34.3 Å². The zero-order chi connectivity index (χ0) is 19.1. The van der Waals surface area contributed by atoms with Crippen LogP contribution in [0.3, 0.4) is 0 Å².